The van der Waals surface area contributed by atoms with Crippen LogP contribution in [0.4, 0.5) is 18.3 Å². The molecule has 0 aliphatic carbocycles. The van der Waals surface area contributed by atoms with Crippen LogP contribution in [0, 0.1) is 25.2 Å². The van der Waals surface area contributed by atoms with Crippen molar-refractivity contribution in [2.75, 3.05) is 11.4 Å². The van der Waals surface area contributed by atoms with Crippen molar-refractivity contribution in [2.45, 2.75) is 33.2 Å². The topological polar surface area (TPSA) is 49.2 Å². The first-order chi connectivity index (χ1) is 14.2. The third-order valence-electron chi connectivity index (χ3n) is 4.57. The quantitative estimate of drug-likeness (QED) is 0.476. The van der Waals surface area contributed by atoms with E-state index >= 15 is 0 Å². The molecule has 0 saturated carbocycles. The Labute approximate surface area is 177 Å². The van der Waals surface area contributed by atoms with Crippen LogP contribution in [-0.2, 0) is 13.0 Å². The second-order valence-corrected chi connectivity index (χ2v) is 7.99. The van der Waals surface area contributed by atoms with E-state index in [1.807, 2.05) is 26.0 Å². The van der Waals surface area contributed by atoms with E-state index in [0.29, 0.717) is 18.7 Å². The molecular formula is C22H20F3N3OS. The number of aryl methyl sites for hydroxylation is 2. The second kappa shape index (κ2) is 9.18. The first-order valence-corrected chi connectivity index (χ1v) is 10.1. The van der Waals surface area contributed by atoms with E-state index in [1.165, 1.54) is 12.1 Å². The number of halogens is 3. The van der Waals surface area contributed by atoms with Crippen molar-refractivity contribution in [2.24, 2.45) is 0 Å². The summed E-state index contributed by atoms with van der Waals surface area (Å²) in [6.07, 6.45) is -3.96. The molecule has 156 valence electrons. The molecule has 0 aliphatic rings. The van der Waals surface area contributed by atoms with Gasteiger partial charge in [-0.1, -0.05) is 24.3 Å². The van der Waals surface area contributed by atoms with Gasteiger partial charge in [0.25, 0.3) is 0 Å². The molecular weight excluding hydrogens is 411 g/mol. The lowest BCUT2D eigenvalue weighted by atomic mass is 10.1. The van der Waals surface area contributed by atoms with Gasteiger partial charge in [0.2, 0.25) is 0 Å². The number of hydrogen-bond acceptors (Lipinski definition) is 5. The zero-order chi connectivity index (χ0) is 21.7. The van der Waals surface area contributed by atoms with Gasteiger partial charge >= 0.3 is 6.36 Å². The lowest BCUT2D eigenvalue weighted by Crippen LogP contribution is -2.25. The maximum absolute atomic E-state index is 12.4. The minimum Gasteiger partial charge on any atom is -0.406 e. The normalized spacial score (nSPS) is 11.2. The average Bonchev–Trinajstić information content (AvgIpc) is 3.04. The highest BCUT2D eigenvalue weighted by molar-refractivity contribution is 7.15. The van der Waals surface area contributed by atoms with Crippen molar-refractivity contribution >= 4 is 16.5 Å². The summed E-state index contributed by atoms with van der Waals surface area (Å²) < 4.78 is 41.0. The summed E-state index contributed by atoms with van der Waals surface area (Å²) in [5.74, 6) is -0.240. The first kappa shape index (κ1) is 21.7. The SMILES string of the molecule is Cc1nc(N(CCc2ccc(C#N)cc2)Cc2ccc(OC(F)(F)F)cc2)sc1C. The van der Waals surface area contributed by atoms with Crippen LogP contribution in [0.5, 0.6) is 5.75 Å². The Morgan fingerprint density at radius 3 is 2.20 bits per heavy atom. The molecule has 0 fully saturated rings. The van der Waals surface area contributed by atoms with Gasteiger partial charge in [-0.2, -0.15) is 5.26 Å². The van der Waals surface area contributed by atoms with Gasteiger partial charge in [0.05, 0.1) is 17.3 Å². The largest absolute Gasteiger partial charge is 0.573 e. The number of ether oxygens (including phenoxy) is 1. The first-order valence-electron chi connectivity index (χ1n) is 9.26. The van der Waals surface area contributed by atoms with E-state index in [1.54, 1.807) is 35.6 Å². The van der Waals surface area contributed by atoms with Crippen LogP contribution in [0.25, 0.3) is 0 Å². The number of aromatic nitrogens is 1. The predicted molar refractivity (Wildman–Crippen MR) is 111 cm³/mol. The molecule has 0 N–H and O–H groups in total. The lowest BCUT2D eigenvalue weighted by molar-refractivity contribution is -0.274. The van der Waals surface area contributed by atoms with Crippen molar-refractivity contribution in [3.8, 4) is 11.8 Å². The highest BCUT2D eigenvalue weighted by Crippen LogP contribution is 2.28. The highest BCUT2D eigenvalue weighted by atomic mass is 32.1. The number of rotatable bonds is 7. The van der Waals surface area contributed by atoms with Gasteiger partial charge in [-0.25, -0.2) is 4.98 Å². The van der Waals surface area contributed by atoms with Gasteiger partial charge in [0, 0.05) is 18.0 Å². The minimum atomic E-state index is -4.70. The molecule has 1 heterocycles. The summed E-state index contributed by atoms with van der Waals surface area (Å²) in [5.41, 5.74) is 3.53. The minimum absolute atomic E-state index is 0.240. The monoisotopic (exact) mass is 431 g/mol. The molecule has 0 unspecified atom stereocenters. The zero-order valence-electron chi connectivity index (χ0n) is 16.5. The van der Waals surface area contributed by atoms with E-state index in [2.05, 4.69) is 20.7 Å². The smallest absolute Gasteiger partial charge is 0.406 e. The number of nitrogens with zero attached hydrogens (tertiary/aromatic N) is 3. The Morgan fingerprint density at radius 1 is 1.03 bits per heavy atom. The molecule has 0 radical (unpaired) electrons. The summed E-state index contributed by atoms with van der Waals surface area (Å²) in [4.78, 5) is 7.88. The molecule has 0 saturated heterocycles. The zero-order valence-corrected chi connectivity index (χ0v) is 17.3. The van der Waals surface area contributed by atoms with Crippen LogP contribution in [0.3, 0.4) is 0 Å². The second-order valence-electron chi connectivity index (χ2n) is 6.81. The Bertz CT molecular complexity index is 1000. The summed E-state index contributed by atoms with van der Waals surface area (Å²) in [6.45, 7) is 5.16. The van der Waals surface area contributed by atoms with Crippen LogP contribution in [0.15, 0.2) is 48.5 Å². The summed E-state index contributed by atoms with van der Waals surface area (Å²) in [7, 11) is 0. The Balaban J connectivity index is 1.75. The van der Waals surface area contributed by atoms with Gasteiger partial charge in [-0.3, -0.25) is 0 Å². The molecule has 0 bridgehead atoms. The third kappa shape index (κ3) is 5.97. The molecule has 4 nitrogen and oxygen atoms in total. The van der Waals surface area contributed by atoms with Crippen LogP contribution in [0.2, 0.25) is 0 Å². The molecule has 3 aromatic rings. The number of thiazole rings is 1. The van der Waals surface area contributed by atoms with E-state index in [0.717, 1.165) is 33.3 Å². The molecule has 0 amide bonds. The number of alkyl halides is 3. The van der Waals surface area contributed by atoms with E-state index in [9.17, 15) is 13.2 Å². The molecule has 0 spiro atoms. The third-order valence-corrected chi connectivity index (χ3v) is 5.71. The molecule has 3 rings (SSSR count). The van der Waals surface area contributed by atoms with E-state index in [4.69, 9.17) is 5.26 Å². The summed E-state index contributed by atoms with van der Waals surface area (Å²) in [6, 6.07) is 15.4. The molecule has 2 aromatic carbocycles. The number of anilines is 1. The molecule has 30 heavy (non-hydrogen) atoms. The summed E-state index contributed by atoms with van der Waals surface area (Å²) >= 11 is 1.59. The van der Waals surface area contributed by atoms with E-state index < -0.39 is 6.36 Å². The van der Waals surface area contributed by atoms with Gasteiger partial charge < -0.3 is 9.64 Å². The van der Waals surface area contributed by atoms with Crippen molar-refractivity contribution in [3.05, 3.63) is 75.8 Å². The van der Waals surface area contributed by atoms with Crippen LogP contribution in [0.1, 0.15) is 27.3 Å². The predicted octanol–water partition coefficient (Wildman–Crippen LogP) is 5.78. The fraction of sp³-hybridized carbons (Fsp3) is 0.273. The van der Waals surface area contributed by atoms with Crippen molar-refractivity contribution < 1.29 is 17.9 Å². The number of hydrogen-bond donors (Lipinski definition) is 0. The van der Waals surface area contributed by atoms with E-state index in [-0.39, 0.29) is 5.75 Å². The van der Waals surface area contributed by atoms with Gasteiger partial charge in [-0.15, -0.1) is 24.5 Å². The highest BCUT2D eigenvalue weighted by Gasteiger charge is 2.31. The molecule has 1 aromatic heterocycles. The molecule has 0 atom stereocenters. The van der Waals surface area contributed by atoms with Crippen molar-refractivity contribution in [1.82, 2.24) is 4.98 Å². The standard InChI is InChI=1S/C22H20F3N3OS/c1-15-16(2)30-21(27-15)28(12-11-17-3-5-18(13-26)6-4-17)14-19-7-9-20(10-8-19)29-22(23,24)25/h3-10H,11-12,14H2,1-2H3. The Hall–Kier alpha value is -3.05. The fourth-order valence-corrected chi connectivity index (χ4v) is 3.80. The molecule has 0 aliphatic heterocycles. The van der Waals surface area contributed by atoms with Gasteiger partial charge in [0.15, 0.2) is 5.13 Å². The lowest BCUT2D eigenvalue weighted by Gasteiger charge is -2.22. The van der Waals surface area contributed by atoms with Gasteiger partial charge in [0.1, 0.15) is 5.75 Å². The van der Waals surface area contributed by atoms with Crippen LogP contribution >= 0.6 is 11.3 Å². The fourth-order valence-electron chi connectivity index (χ4n) is 2.86. The van der Waals surface area contributed by atoms with Crippen LogP contribution < -0.4 is 9.64 Å². The molecule has 8 heteroatoms. The Kier molecular flexibility index (Phi) is 6.63. The van der Waals surface area contributed by atoms with Crippen molar-refractivity contribution in [3.63, 3.8) is 0 Å². The number of nitriles is 1. The van der Waals surface area contributed by atoms with Crippen LogP contribution in [-0.4, -0.2) is 17.9 Å². The Morgan fingerprint density at radius 2 is 1.67 bits per heavy atom. The summed E-state index contributed by atoms with van der Waals surface area (Å²) in [5, 5.41) is 9.80. The van der Waals surface area contributed by atoms with Crippen molar-refractivity contribution in [1.29, 1.82) is 5.26 Å². The maximum Gasteiger partial charge on any atom is 0.573 e. The van der Waals surface area contributed by atoms with Gasteiger partial charge in [-0.05, 0) is 55.7 Å². The maximum atomic E-state index is 12.4. The average molecular weight is 431 g/mol. The number of benzene rings is 2.